The second-order valence-corrected chi connectivity index (χ2v) is 10.7. The molecule has 0 spiro atoms. The first-order chi connectivity index (χ1) is 15.1. The van der Waals surface area contributed by atoms with Gasteiger partial charge in [-0.1, -0.05) is 19.4 Å². The summed E-state index contributed by atoms with van der Waals surface area (Å²) in [5.74, 6) is 0.0628. The number of hydrogen-bond acceptors (Lipinski definition) is 5. The van der Waals surface area contributed by atoms with E-state index in [4.69, 9.17) is 9.84 Å². The molecule has 0 aromatic rings. The lowest BCUT2D eigenvalue weighted by Gasteiger charge is -2.57. The van der Waals surface area contributed by atoms with Gasteiger partial charge in [-0.15, -0.1) is 0 Å². The van der Waals surface area contributed by atoms with Gasteiger partial charge in [-0.05, 0) is 74.2 Å². The van der Waals surface area contributed by atoms with E-state index in [1.54, 1.807) is 0 Å². The minimum absolute atomic E-state index is 0.0327. The number of ketones is 1. The summed E-state index contributed by atoms with van der Waals surface area (Å²) in [6, 6.07) is 0. The van der Waals surface area contributed by atoms with Gasteiger partial charge in [-0.2, -0.15) is 0 Å². The number of nitrogens with one attached hydrogen (secondary N) is 1. The van der Waals surface area contributed by atoms with Crippen molar-refractivity contribution in [3.63, 3.8) is 0 Å². The first-order valence-electron chi connectivity index (χ1n) is 12.1. The first-order valence-corrected chi connectivity index (χ1v) is 12.1. The van der Waals surface area contributed by atoms with E-state index in [9.17, 15) is 19.2 Å². The number of aliphatic carboxylic acids is 1. The largest absolute Gasteiger partial charge is 0.480 e. The van der Waals surface area contributed by atoms with Crippen molar-refractivity contribution in [1.29, 1.82) is 0 Å². The quantitative estimate of drug-likeness (QED) is 0.607. The molecule has 0 unspecified atom stereocenters. The number of amides is 1. The number of esters is 1. The van der Waals surface area contributed by atoms with Crippen molar-refractivity contribution in [2.45, 2.75) is 84.2 Å². The molecular formula is C25H35NO6. The maximum atomic E-state index is 12.5. The first kappa shape index (κ1) is 23.0. The van der Waals surface area contributed by atoms with Crippen LogP contribution in [0.1, 0.15) is 78.1 Å². The van der Waals surface area contributed by atoms with Crippen LogP contribution in [-0.4, -0.2) is 41.4 Å². The highest BCUT2D eigenvalue weighted by molar-refractivity contribution is 5.91. The summed E-state index contributed by atoms with van der Waals surface area (Å²) >= 11 is 0. The predicted molar refractivity (Wildman–Crippen MR) is 116 cm³/mol. The van der Waals surface area contributed by atoms with Crippen molar-refractivity contribution in [3.8, 4) is 0 Å². The van der Waals surface area contributed by atoms with Gasteiger partial charge < -0.3 is 15.2 Å². The molecule has 176 valence electrons. The Labute approximate surface area is 189 Å². The van der Waals surface area contributed by atoms with Crippen LogP contribution in [0.3, 0.4) is 0 Å². The minimum atomic E-state index is -1.11. The molecule has 6 atom stereocenters. The molecule has 32 heavy (non-hydrogen) atoms. The van der Waals surface area contributed by atoms with Gasteiger partial charge in [-0.25, -0.2) is 0 Å². The summed E-state index contributed by atoms with van der Waals surface area (Å²) in [7, 11) is 0. The molecular weight excluding hydrogens is 410 g/mol. The molecule has 0 aromatic heterocycles. The van der Waals surface area contributed by atoms with Gasteiger partial charge >= 0.3 is 11.9 Å². The van der Waals surface area contributed by atoms with Gasteiger partial charge in [0.1, 0.15) is 12.6 Å². The average Bonchev–Trinajstić information content (AvgIpc) is 3.07. The van der Waals surface area contributed by atoms with Crippen molar-refractivity contribution in [3.05, 3.63) is 11.6 Å². The predicted octanol–water partition coefficient (Wildman–Crippen LogP) is 3.41. The molecule has 3 saturated carbocycles. The third-order valence-electron chi connectivity index (χ3n) is 9.14. The van der Waals surface area contributed by atoms with Crippen molar-refractivity contribution < 1.29 is 29.0 Å². The highest BCUT2D eigenvalue weighted by Gasteiger charge is 2.59. The number of carboxylic acid groups (broad SMARTS) is 1. The molecule has 0 heterocycles. The molecule has 4 rings (SSSR count). The third kappa shape index (κ3) is 4.11. The third-order valence-corrected chi connectivity index (χ3v) is 9.14. The standard InChI is InChI=1S/C25H35NO6/c1-24-11-9-16(27)13-15(24)3-4-17-18-5-6-20(25(18,2)12-10-19(17)24)32-23(31)8-7-21(28)26-14-22(29)30/h13,17-20H,3-12,14H2,1-2H3,(H,26,28)(H,29,30)/t17-,18-,19-,20+,24+,25+/m1/s1. The average molecular weight is 446 g/mol. The van der Waals surface area contributed by atoms with Crippen molar-refractivity contribution in [2.24, 2.45) is 28.6 Å². The second-order valence-electron chi connectivity index (χ2n) is 10.7. The van der Waals surface area contributed by atoms with E-state index in [1.165, 1.54) is 5.57 Å². The van der Waals surface area contributed by atoms with Crippen LogP contribution in [0, 0.1) is 28.6 Å². The van der Waals surface area contributed by atoms with Crippen LogP contribution in [0.2, 0.25) is 0 Å². The normalized spacial score (nSPS) is 38.1. The topological polar surface area (TPSA) is 110 Å². The molecule has 4 aliphatic rings. The van der Waals surface area contributed by atoms with Crippen LogP contribution < -0.4 is 5.32 Å². The molecule has 0 saturated heterocycles. The molecule has 4 aliphatic carbocycles. The van der Waals surface area contributed by atoms with Crippen molar-refractivity contribution >= 4 is 23.6 Å². The lowest BCUT2D eigenvalue weighted by atomic mass is 9.47. The number of carbonyl (C=O) groups is 4. The Morgan fingerprint density at radius 2 is 1.84 bits per heavy atom. The number of carboxylic acids is 1. The fourth-order valence-corrected chi connectivity index (χ4v) is 7.40. The van der Waals surface area contributed by atoms with E-state index in [0.717, 1.165) is 44.9 Å². The highest BCUT2D eigenvalue weighted by atomic mass is 16.5. The Hall–Kier alpha value is -2.18. The lowest BCUT2D eigenvalue weighted by Crippen LogP contribution is -2.51. The lowest BCUT2D eigenvalue weighted by molar-refractivity contribution is -0.160. The highest BCUT2D eigenvalue weighted by Crippen LogP contribution is 2.65. The molecule has 0 radical (unpaired) electrons. The summed E-state index contributed by atoms with van der Waals surface area (Å²) < 4.78 is 5.89. The zero-order chi connectivity index (χ0) is 23.1. The van der Waals surface area contributed by atoms with Gasteiger partial charge in [0.2, 0.25) is 5.91 Å². The van der Waals surface area contributed by atoms with Crippen LogP contribution in [0.5, 0.6) is 0 Å². The van der Waals surface area contributed by atoms with Crippen LogP contribution in [-0.2, 0) is 23.9 Å². The molecule has 0 aromatic carbocycles. The summed E-state index contributed by atoms with van der Waals surface area (Å²) in [4.78, 5) is 46.7. The summed E-state index contributed by atoms with van der Waals surface area (Å²) in [6.07, 6.45) is 9.50. The zero-order valence-corrected chi connectivity index (χ0v) is 19.2. The Bertz CT molecular complexity index is 849. The second kappa shape index (κ2) is 8.64. The SMILES string of the molecule is C[C@]12CC[C@@H]3[C@H](CCC4=CC(=O)CC[C@@]43C)[C@H]1CC[C@@H]2OC(=O)CCC(=O)NCC(=O)O. The minimum Gasteiger partial charge on any atom is -0.480 e. The maximum absolute atomic E-state index is 12.5. The van der Waals surface area contributed by atoms with Gasteiger partial charge in [0.05, 0.1) is 6.42 Å². The van der Waals surface area contributed by atoms with E-state index < -0.39 is 18.4 Å². The molecule has 7 nitrogen and oxygen atoms in total. The number of fused-ring (bicyclic) bond motifs is 5. The summed E-state index contributed by atoms with van der Waals surface area (Å²) in [5, 5.41) is 10.9. The number of allylic oxidation sites excluding steroid dienone is 1. The van der Waals surface area contributed by atoms with E-state index in [1.807, 2.05) is 6.08 Å². The Balaban J connectivity index is 1.37. The molecule has 0 aliphatic heterocycles. The van der Waals surface area contributed by atoms with E-state index >= 15 is 0 Å². The van der Waals surface area contributed by atoms with Crippen molar-refractivity contribution in [2.75, 3.05) is 6.54 Å². The molecule has 1 amide bonds. The van der Waals surface area contributed by atoms with Gasteiger partial charge in [0.25, 0.3) is 0 Å². The Kier molecular flexibility index (Phi) is 6.21. The molecule has 7 heteroatoms. The van der Waals surface area contributed by atoms with Gasteiger partial charge in [0, 0.05) is 18.3 Å². The van der Waals surface area contributed by atoms with E-state index in [2.05, 4.69) is 19.2 Å². The Morgan fingerprint density at radius 3 is 2.59 bits per heavy atom. The van der Waals surface area contributed by atoms with Crippen LogP contribution in [0.4, 0.5) is 0 Å². The van der Waals surface area contributed by atoms with Gasteiger partial charge in [-0.3, -0.25) is 19.2 Å². The van der Waals surface area contributed by atoms with Gasteiger partial charge in [0.15, 0.2) is 5.78 Å². The Morgan fingerprint density at radius 1 is 1.06 bits per heavy atom. The fraction of sp³-hybridized carbons (Fsp3) is 0.760. The molecule has 2 N–H and O–H groups in total. The van der Waals surface area contributed by atoms with Crippen LogP contribution in [0.25, 0.3) is 0 Å². The summed E-state index contributed by atoms with van der Waals surface area (Å²) in [5.41, 5.74) is 1.46. The monoisotopic (exact) mass is 445 g/mol. The van der Waals surface area contributed by atoms with Crippen LogP contribution >= 0.6 is 0 Å². The van der Waals surface area contributed by atoms with E-state index in [-0.39, 0.29) is 41.5 Å². The molecule has 0 bridgehead atoms. The number of carbonyl (C=O) groups excluding carboxylic acids is 3. The number of ether oxygens (including phenoxy) is 1. The van der Waals surface area contributed by atoms with E-state index in [0.29, 0.717) is 24.2 Å². The smallest absolute Gasteiger partial charge is 0.322 e. The van der Waals surface area contributed by atoms with Crippen molar-refractivity contribution in [1.82, 2.24) is 5.32 Å². The summed E-state index contributed by atoms with van der Waals surface area (Å²) in [6.45, 7) is 4.20. The van der Waals surface area contributed by atoms with Crippen LogP contribution in [0.15, 0.2) is 11.6 Å². The fourth-order valence-electron chi connectivity index (χ4n) is 7.40. The zero-order valence-electron chi connectivity index (χ0n) is 19.2. The maximum Gasteiger partial charge on any atom is 0.322 e. The molecule has 3 fully saturated rings. The number of hydrogen-bond donors (Lipinski definition) is 2. The number of rotatable bonds is 6.